The summed E-state index contributed by atoms with van der Waals surface area (Å²) in [6.45, 7) is 3.85. The van der Waals surface area contributed by atoms with Gasteiger partial charge in [0.2, 0.25) is 5.95 Å². The van der Waals surface area contributed by atoms with Gasteiger partial charge in [0.05, 0.1) is 0 Å². The molecule has 1 amide bonds. The first-order valence-corrected chi connectivity index (χ1v) is 9.89. The Labute approximate surface area is 172 Å². The predicted molar refractivity (Wildman–Crippen MR) is 113 cm³/mol. The van der Waals surface area contributed by atoms with Crippen LogP contribution in [0.25, 0.3) is 11.2 Å². The van der Waals surface area contributed by atoms with Crippen molar-refractivity contribution in [2.24, 2.45) is 18.8 Å². The van der Waals surface area contributed by atoms with Gasteiger partial charge in [0, 0.05) is 26.7 Å². The zero-order chi connectivity index (χ0) is 21.4. The van der Waals surface area contributed by atoms with Crippen LogP contribution in [0.3, 0.4) is 0 Å². The van der Waals surface area contributed by atoms with E-state index in [-0.39, 0.29) is 0 Å². The van der Waals surface area contributed by atoms with Crippen molar-refractivity contribution in [2.45, 2.75) is 26.4 Å². The molecule has 0 radical (unpaired) electrons. The molecule has 0 unspecified atom stereocenters. The number of hydrazine groups is 1. The second-order valence-electron chi connectivity index (χ2n) is 7.78. The first-order chi connectivity index (χ1) is 14.4. The van der Waals surface area contributed by atoms with Crippen molar-refractivity contribution in [3.63, 3.8) is 0 Å². The van der Waals surface area contributed by atoms with Crippen molar-refractivity contribution in [3.8, 4) is 0 Å². The number of rotatable bonds is 5. The van der Waals surface area contributed by atoms with Crippen LogP contribution >= 0.6 is 0 Å². The molecule has 0 aliphatic carbocycles. The molecule has 1 atom stereocenters. The summed E-state index contributed by atoms with van der Waals surface area (Å²) in [6, 6.07) is 10.2. The van der Waals surface area contributed by atoms with E-state index in [2.05, 4.69) is 28.9 Å². The van der Waals surface area contributed by atoms with Crippen molar-refractivity contribution in [1.29, 1.82) is 0 Å². The highest BCUT2D eigenvalue weighted by Crippen LogP contribution is 2.26. The second kappa shape index (κ2) is 7.79. The van der Waals surface area contributed by atoms with Gasteiger partial charge < -0.3 is 9.47 Å². The van der Waals surface area contributed by atoms with Gasteiger partial charge in [-0.15, -0.1) is 0 Å². The maximum atomic E-state index is 13.1. The van der Waals surface area contributed by atoms with E-state index in [9.17, 15) is 14.4 Å². The number of hydrogen-bond acceptors (Lipinski definition) is 6. The van der Waals surface area contributed by atoms with Gasteiger partial charge in [0.1, 0.15) is 6.54 Å². The molecular formula is C20H25N7O3. The zero-order valence-electron chi connectivity index (χ0n) is 17.0. The molecule has 0 saturated heterocycles. The van der Waals surface area contributed by atoms with E-state index in [4.69, 9.17) is 5.84 Å². The first-order valence-electron chi connectivity index (χ1n) is 9.89. The van der Waals surface area contributed by atoms with Crippen molar-refractivity contribution in [3.05, 3.63) is 56.7 Å². The lowest BCUT2D eigenvalue weighted by molar-refractivity contribution is -0.121. The molecule has 158 valence electrons. The molecule has 3 heterocycles. The smallest absolute Gasteiger partial charge is 0.332 e. The number of aromatic nitrogens is 4. The molecule has 3 N–H and O–H groups in total. The average molecular weight is 411 g/mol. The van der Waals surface area contributed by atoms with E-state index in [0.29, 0.717) is 29.6 Å². The number of imidazole rings is 1. The average Bonchev–Trinajstić information content (AvgIpc) is 3.13. The standard InChI is InChI=1S/C20H25N7O3/c1-13-10-25(9-8-14-6-4-3-5-7-14)19-22-17-16(26(19)11-13)18(29)27(12-15(28)23-21)20(30)24(17)2/h3-7,13H,8-12,21H2,1-2H3,(H,23,28)/t13-/m0/s1. The van der Waals surface area contributed by atoms with E-state index in [1.54, 1.807) is 7.05 Å². The highest BCUT2D eigenvalue weighted by atomic mass is 16.2. The Morgan fingerprint density at radius 2 is 1.97 bits per heavy atom. The van der Waals surface area contributed by atoms with E-state index in [1.807, 2.05) is 28.2 Å². The first kappa shape index (κ1) is 19.9. The molecule has 0 spiro atoms. The molecule has 30 heavy (non-hydrogen) atoms. The maximum Gasteiger partial charge on any atom is 0.332 e. The molecule has 1 aliphatic rings. The van der Waals surface area contributed by atoms with Crippen molar-refractivity contribution in [2.75, 3.05) is 18.0 Å². The summed E-state index contributed by atoms with van der Waals surface area (Å²) < 4.78 is 4.08. The maximum absolute atomic E-state index is 13.1. The molecule has 0 saturated carbocycles. The number of nitrogens with one attached hydrogen (secondary N) is 1. The molecule has 2 aromatic heterocycles. The number of amides is 1. The highest BCUT2D eigenvalue weighted by Gasteiger charge is 2.29. The third-order valence-corrected chi connectivity index (χ3v) is 5.50. The van der Waals surface area contributed by atoms with Gasteiger partial charge in [-0.25, -0.2) is 15.2 Å². The molecule has 3 aromatic rings. The summed E-state index contributed by atoms with van der Waals surface area (Å²) in [4.78, 5) is 44.3. The van der Waals surface area contributed by atoms with Crippen LogP contribution in [-0.4, -0.2) is 37.7 Å². The SMILES string of the molecule is C[C@H]1CN(CCc2ccccc2)c2nc3c(c(=O)n(CC(=O)NN)c(=O)n3C)n2C1. The van der Waals surface area contributed by atoms with Crippen LogP contribution in [-0.2, 0) is 31.4 Å². The van der Waals surface area contributed by atoms with Gasteiger partial charge in [-0.05, 0) is 17.9 Å². The summed E-state index contributed by atoms with van der Waals surface area (Å²) in [6.07, 6.45) is 0.844. The van der Waals surface area contributed by atoms with Crippen molar-refractivity contribution < 1.29 is 4.79 Å². The Morgan fingerprint density at radius 1 is 1.23 bits per heavy atom. The minimum absolute atomic E-state index is 0.295. The third-order valence-electron chi connectivity index (χ3n) is 5.50. The topological polar surface area (TPSA) is 120 Å². The Bertz CT molecular complexity index is 1210. The van der Waals surface area contributed by atoms with Crippen LogP contribution in [0.2, 0.25) is 0 Å². The molecule has 10 nitrogen and oxygen atoms in total. The number of aryl methyl sites for hydroxylation is 1. The van der Waals surface area contributed by atoms with Gasteiger partial charge in [0.25, 0.3) is 11.5 Å². The Morgan fingerprint density at radius 3 is 2.67 bits per heavy atom. The number of anilines is 1. The third kappa shape index (κ3) is 3.39. The Hall–Kier alpha value is -3.40. The molecular weight excluding hydrogens is 386 g/mol. The summed E-state index contributed by atoms with van der Waals surface area (Å²) in [7, 11) is 1.55. The van der Waals surface area contributed by atoms with Crippen LogP contribution in [0.15, 0.2) is 39.9 Å². The second-order valence-corrected chi connectivity index (χ2v) is 7.78. The number of fused-ring (bicyclic) bond motifs is 3. The molecule has 10 heteroatoms. The van der Waals surface area contributed by atoms with Crippen LogP contribution < -0.4 is 27.4 Å². The van der Waals surface area contributed by atoms with Gasteiger partial charge >= 0.3 is 5.69 Å². The van der Waals surface area contributed by atoms with E-state index in [1.165, 1.54) is 10.1 Å². The van der Waals surface area contributed by atoms with Gasteiger partial charge in [-0.1, -0.05) is 37.3 Å². The van der Waals surface area contributed by atoms with Gasteiger partial charge in [-0.3, -0.25) is 19.6 Å². The van der Waals surface area contributed by atoms with Gasteiger partial charge in [0.15, 0.2) is 11.2 Å². The Balaban J connectivity index is 1.80. The number of hydrogen-bond donors (Lipinski definition) is 2. The number of nitrogens with zero attached hydrogens (tertiary/aromatic N) is 5. The fourth-order valence-corrected chi connectivity index (χ4v) is 4.03. The highest BCUT2D eigenvalue weighted by molar-refractivity contribution is 5.77. The number of carbonyl (C=O) groups is 1. The minimum Gasteiger partial charge on any atom is -0.342 e. The quantitative estimate of drug-likeness (QED) is 0.334. The fourth-order valence-electron chi connectivity index (χ4n) is 4.03. The lowest BCUT2D eigenvalue weighted by Crippen LogP contribution is -2.45. The molecule has 1 aliphatic heterocycles. The summed E-state index contributed by atoms with van der Waals surface area (Å²) in [5.41, 5.74) is 2.70. The predicted octanol–water partition coefficient (Wildman–Crippen LogP) is -0.415. The largest absolute Gasteiger partial charge is 0.342 e. The number of nitrogens with two attached hydrogens (primary N) is 1. The molecule has 4 rings (SSSR count). The van der Waals surface area contributed by atoms with E-state index >= 15 is 0 Å². The van der Waals surface area contributed by atoms with Crippen LogP contribution in [0.1, 0.15) is 12.5 Å². The molecule has 1 aromatic carbocycles. The van der Waals surface area contributed by atoms with Gasteiger partial charge in [-0.2, -0.15) is 4.98 Å². The zero-order valence-corrected chi connectivity index (χ0v) is 17.0. The molecule has 0 fully saturated rings. The van der Waals surface area contributed by atoms with Crippen molar-refractivity contribution >= 4 is 23.0 Å². The lowest BCUT2D eigenvalue weighted by Gasteiger charge is -2.33. The summed E-state index contributed by atoms with van der Waals surface area (Å²) >= 11 is 0. The fraction of sp³-hybridized carbons (Fsp3) is 0.400. The van der Waals surface area contributed by atoms with Crippen LogP contribution in [0.4, 0.5) is 5.95 Å². The van der Waals surface area contributed by atoms with Crippen molar-refractivity contribution in [1.82, 2.24) is 24.1 Å². The van der Waals surface area contributed by atoms with E-state index < -0.39 is 23.7 Å². The van der Waals surface area contributed by atoms with Crippen LogP contribution in [0, 0.1) is 5.92 Å². The van der Waals surface area contributed by atoms with E-state index in [0.717, 1.165) is 24.1 Å². The number of benzene rings is 1. The molecule has 0 bridgehead atoms. The van der Waals surface area contributed by atoms with Crippen LogP contribution in [0.5, 0.6) is 0 Å². The minimum atomic E-state index is -0.621. The number of carbonyl (C=O) groups excluding carboxylic acids is 1. The monoisotopic (exact) mass is 411 g/mol. The lowest BCUT2D eigenvalue weighted by atomic mass is 10.1. The Kier molecular flexibility index (Phi) is 5.17. The summed E-state index contributed by atoms with van der Waals surface area (Å²) in [5, 5.41) is 0. The summed E-state index contributed by atoms with van der Waals surface area (Å²) in [5.74, 6) is 5.48. The normalized spacial score (nSPS) is 16.0.